The molecule has 0 bridgehead atoms. The highest BCUT2D eigenvalue weighted by atomic mass is 35.5. The number of halogens is 1. The Kier molecular flexibility index (Phi) is 4.90. The van der Waals surface area contributed by atoms with Crippen LogP contribution in [0, 0.1) is 13.8 Å². The fourth-order valence-corrected chi connectivity index (χ4v) is 2.05. The molecule has 0 aliphatic heterocycles. The Morgan fingerprint density at radius 2 is 2.13 bits per heavy atom. The Bertz CT molecular complexity index is 750. The van der Waals surface area contributed by atoms with Gasteiger partial charge < -0.3 is 16.3 Å². The topological polar surface area (TPSA) is 109 Å². The SMILES string of the molecule is Cc1nn(C(C)C(=O)O/N=C(\N)c2cccc(N)c2C)cc1Cl. The van der Waals surface area contributed by atoms with Gasteiger partial charge in [0, 0.05) is 17.4 Å². The minimum Gasteiger partial charge on any atom is -0.398 e. The predicted octanol–water partition coefficient (Wildman–Crippen LogP) is 2.16. The number of carbonyl (C=O) groups excluding carboxylic acids is 1. The molecule has 0 aliphatic rings. The first kappa shape index (κ1) is 16.8. The number of anilines is 1. The van der Waals surface area contributed by atoms with Gasteiger partial charge in [-0.25, -0.2) is 4.79 Å². The van der Waals surface area contributed by atoms with Crippen LogP contribution in [-0.4, -0.2) is 21.6 Å². The number of amidine groups is 1. The van der Waals surface area contributed by atoms with E-state index < -0.39 is 12.0 Å². The molecule has 0 saturated heterocycles. The van der Waals surface area contributed by atoms with Crippen molar-refractivity contribution in [1.82, 2.24) is 9.78 Å². The first-order chi connectivity index (χ1) is 10.8. The number of nitrogens with zero attached hydrogens (tertiary/aromatic N) is 3. The third kappa shape index (κ3) is 3.62. The molecular weight excluding hydrogens is 318 g/mol. The highest BCUT2D eigenvalue weighted by Gasteiger charge is 2.19. The second-order valence-electron chi connectivity index (χ2n) is 5.13. The summed E-state index contributed by atoms with van der Waals surface area (Å²) in [6.45, 7) is 5.18. The maximum absolute atomic E-state index is 12.0. The number of benzene rings is 1. The summed E-state index contributed by atoms with van der Waals surface area (Å²) >= 11 is 5.92. The molecular formula is C15H18ClN5O2. The number of nitrogens with two attached hydrogens (primary N) is 2. The number of carbonyl (C=O) groups is 1. The van der Waals surface area contributed by atoms with E-state index in [0.717, 1.165) is 5.56 Å². The molecule has 1 unspecified atom stereocenters. The Balaban J connectivity index is 2.12. The number of hydrogen-bond acceptors (Lipinski definition) is 5. The smallest absolute Gasteiger partial charge is 0.359 e. The van der Waals surface area contributed by atoms with Crippen LogP contribution in [0.25, 0.3) is 0 Å². The molecule has 0 fully saturated rings. The summed E-state index contributed by atoms with van der Waals surface area (Å²) in [5, 5.41) is 8.29. The van der Waals surface area contributed by atoms with Crippen LogP contribution in [0.2, 0.25) is 5.02 Å². The van der Waals surface area contributed by atoms with Crippen LogP contribution in [0.15, 0.2) is 29.6 Å². The van der Waals surface area contributed by atoms with Crippen LogP contribution in [0.5, 0.6) is 0 Å². The number of aryl methyl sites for hydroxylation is 1. The van der Waals surface area contributed by atoms with Gasteiger partial charge in [-0.2, -0.15) is 5.10 Å². The third-order valence-electron chi connectivity index (χ3n) is 3.48. The monoisotopic (exact) mass is 335 g/mol. The standard InChI is InChI=1S/C15H18ClN5O2/c1-8-11(5-4-6-13(8)17)14(18)20-23-15(22)10(3)21-7-12(16)9(2)19-21/h4-7,10H,17H2,1-3H3,(H2,18,20). The van der Waals surface area contributed by atoms with E-state index in [1.807, 2.05) is 6.92 Å². The minimum atomic E-state index is -0.681. The van der Waals surface area contributed by atoms with Crippen LogP contribution in [0.1, 0.15) is 29.8 Å². The molecule has 2 aromatic rings. The van der Waals surface area contributed by atoms with E-state index in [9.17, 15) is 4.79 Å². The van der Waals surface area contributed by atoms with E-state index in [1.165, 1.54) is 4.68 Å². The van der Waals surface area contributed by atoms with E-state index in [4.69, 9.17) is 27.9 Å². The van der Waals surface area contributed by atoms with Crippen LogP contribution in [-0.2, 0) is 9.63 Å². The van der Waals surface area contributed by atoms with Crippen LogP contribution < -0.4 is 11.5 Å². The lowest BCUT2D eigenvalue weighted by molar-refractivity contribution is -0.147. The minimum absolute atomic E-state index is 0.0741. The van der Waals surface area contributed by atoms with Gasteiger partial charge in [0.25, 0.3) is 0 Å². The van der Waals surface area contributed by atoms with Crippen LogP contribution in [0.4, 0.5) is 5.69 Å². The third-order valence-corrected chi connectivity index (χ3v) is 3.85. The molecule has 1 atom stereocenters. The average molecular weight is 336 g/mol. The largest absolute Gasteiger partial charge is 0.398 e. The normalized spacial score (nSPS) is 13.0. The lowest BCUT2D eigenvalue weighted by Crippen LogP contribution is -2.21. The molecule has 0 saturated carbocycles. The summed E-state index contributed by atoms with van der Waals surface area (Å²) < 4.78 is 1.41. The van der Waals surface area contributed by atoms with Gasteiger partial charge in [-0.05, 0) is 32.4 Å². The molecule has 0 radical (unpaired) electrons. The van der Waals surface area contributed by atoms with Gasteiger partial charge in [0.05, 0.1) is 10.7 Å². The van der Waals surface area contributed by atoms with Crippen molar-refractivity contribution in [3.05, 3.63) is 46.2 Å². The average Bonchev–Trinajstić information content (AvgIpc) is 2.86. The highest BCUT2D eigenvalue weighted by Crippen LogP contribution is 2.17. The number of oxime groups is 1. The Morgan fingerprint density at radius 1 is 1.43 bits per heavy atom. The molecule has 1 heterocycles. The number of aromatic nitrogens is 2. The Morgan fingerprint density at radius 3 is 2.74 bits per heavy atom. The zero-order valence-corrected chi connectivity index (χ0v) is 13.8. The lowest BCUT2D eigenvalue weighted by atomic mass is 10.1. The second-order valence-corrected chi connectivity index (χ2v) is 5.53. The van der Waals surface area contributed by atoms with Gasteiger partial charge >= 0.3 is 5.97 Å². The summed E-state index contributed by atoms with van der Waals surface area (Å²) in [5.74, 6) is -0.529. The van der Waals surface area contributed by atoms with Gasteiger partial charge in [0.15, 0.2) is 5.84 Å². The summed E-state index contributed by atoms with van der Waals surface area (Å²) in [6, 6.07) is 4.57. The maximum Gasteiger partial charge on any atom is 0.359 e. The Hall–Kier alpha value is -2.54. The number of rotatable bonds is 4. The first-order valence-corrected chi connectivity index (χ1v) is 7.30. The van der Waals surface area contributed by atoms with Crippen molar-refractivity contribution in [2.45, 2.75) is 26.8 Å². The predicted molar refractivity (Wildman–Crippen MR) is 89.1 cm³/mol. The van der Waals surface area contributed by atoms with Gasteiger partial charge in [-0.1, -0.05) is 28.9 Å². The molecule has 1 aromatic heterocycles. The van der Waals surface area contributed by atoms with Crippen molar-refractivity contribution in [2.75, 3.05) is 5.73 Å². The van der Waals surface area contributed by atoms with Gasteiger partial charge in [0.1, 0.15) is 6.04 Å². The van der Waals surface area contributed by atoms with Crippen molar-refractivity contribution >= 4 is 29.1 Å². The second kappa shape index (κ2) is 6.70. The van der Waals surface area contributed by atoms with E-state index in [-0.39, 0.29) is 5.84 Å². The number of nitrogen functional groups attached to an aromatic ring is 1. The molecule has 0 amide bonds. The van der Waals surface area contributed by atoms with Gasteiger partial charge in [-0.3, -0.25) is 4.68 Å². The fraction of sp³-hybridized carbons (Fsp3) is 0.267. The zero-order valence-electron chi connectivity index (χ0n) is 13.1. The van der Waals surface area contributed by atoms with Crippen molar-refractivity contribution in [1.29, 1.82) is 0 Å². The molecule has 4 N–H and O–H groups in total. The van der Waals surface area contributed by atoms with Gasteiger partial charge in [-0.15, -0.1) is 0 Å². The molecule has 8 heteroatoms. The summed E-state index contributed by atoms with van der Waals surface area (Å²) in [5.41, 5.74) is 14.3. The van der Waals surface area contributed by atoms with E-state index in [2.05, 4.69) is 10.3 Å². The molecule has 7 nitrogen and oxygen atoms in total. The molecule has 0 aliphatic carbocycles. The molecule has 0 spiro atoms. The molecule has 2 rings (SSSR count). The summed E-state index contributed by atoms with van der Waals surface area (Å²) in [6.07, 6.45) is 1.55. The van der Waals surface area contributed by atoms with E-state index in [0.29, 0.717) is 22.0 Å². The van der Waals surface area contributed by atoms with Crippen LogP contribution in [0.3, 0.4) is 0 Å². The van der Waals surface area contributed by atoms with E-state index in [1.54, 1.807) is 38.2 Å². The van der Waals surface area contributed by atoms with Gasteiger partial charge in [0.2, 0.25) is 0 Å². The summed E-state index contributed by atoms with van der Waals surface area (Å²) in [4.78, 5) is 16.9. The highest BCUT2D eigenvalue weighted by molar-refractivity contribution is 6.31. The van der Waals surface area contributed by atoms with Crippen molar-refractivity contribution < 1.29 is 9.63 Å². The van der Waals surface area contributed by atoms with Crippen molar-refractivity contribution in [3.8, 4) is 0 Å². The molecule has 1 aromatic carbocycles. The van der Waals surface area contributed by atoms with Crippen molar-refractivity contribution in [2.24, 2.45) is 10.9 Å². The Labute approximate surface area is 138 Å². The quantitative estimate of drug-likeness (QED) is 0.292. The summed E-state index contributed by atoms with van der Waals surface area (Å²) in [7, 11) is 0. The van der Waals surface area contributed by atoms with E-state index >= 15 is 0 Å². The fourth-order valence-electron chi connectivity index (χ4n) is 1.92. The number of hydrogen-bond donors (Lipinski definition) is 2. The zero-order chi connectivity index (χ0) is 17.1. The van der Waals surface area contributed by atoms with Crippen molar-refractivity contribution in [3.63, 3.8) is 0 Å². The first-order valence-electron chi connectivity index (χ1n) is 6.92. The molecule has 122 valence electrons. The maximum atomic E-state index is 12.0. The molecule has 23 heavy (non-hydrogen) atoms. The van der Waals surface area contributed by atoms with Crippen LogP contribution >= 0.6 is 11.6 Å². The lowest BCUT2D eigenvalue weighted by Gasteiger charge is -2.10.